The third-order valence-electron chi connectivity index (χ3n) is 5.34. The molecule has 0 aromatic rings. The highest BCUT2D eigenvalue weighted by Crippen LogP contribution is 2.25. The number of likely N-dealkylation sites (tertiary alicyclic amines) is 1. The molecule has 2 fully saturated rings. The number of unbranched alkanes of at least 4 members (excludes halogenated alkanes) is 1. The standard InChI is InChI=1S/C18H36N2O/c1-3-6-16-9-13-20(14-10-16)12-5-4-11-18(2,15-21)19-17-7-8-17/h16-17,19,21H,3-15H2,1-2H3. The molecule has 0 bridgehead atoms. The number of piperidine rings is 1. The molecule has 0 aromatic heterocycles. The number of nitrogens with zero attached hydrogens (tertiary/aromatic N) is 1. The summed E-state index contributed by atoms with van der Waals surface area (Å²) in [4.78, 5) is 2.65. The summed E-state index contributed by atoms with van der Waals surface area (Å²) < 4.78 is 0. The Labute approximate surface area is 131 Å². The molecule has 0 amide bonds. The maximum Gasteiger partial charge on any atom is 0.0610 e. The van der Waals surface area contributed by atoms with Gasteiger partial charge in [0.25, 0.3) is 0 Å². The first kappa shape index (κ1) is 17.2. The fraction of sp³-hybridized carbons (Fsp3) is 1.00. The van der Waals surface area contributed by atoms with Crippen LogP contribution in [0.2, 0.25) is 0 Å². The van der Waals surface area contributed by atoms with E-state index < -0.39 is 0 Å². The Morgan fingerprint density at radius 2 is 1.86 bits per heavy atom. The molecule has 2 rings (SSSR count). The lowest BCUT2D eigenvalue weighted by atomic mass is 9.92. The summed E-state index contributed by atoms with van der Waals surface area (Å²) in [6.45, 7) is 8.63. The largest absolute Gasteiger partial charge is 0.394 e. The summed E-state index contributed by atoms with van der Waals surface area (Å²) in [7, 11) is 0. The minimum atomic E-state index is -0.0463. The molecule has 1 aliphatic heterocycles. The molecular formula is C18H36N2O. The molecule has 0 radical (unpaired) electrons. The fourth-order valence-electron chi connectivity index (χ4n) is 3.67. The van der Waals surface area contributed by atoms with Crippen LogP contribution in [0, 0.1) is 5.92 Å². The van der Waals surface area contributed by atoms with Crippen molar-refractivity contribution >= 4 is 0 Å². The number of hydrogen-bond donors (Lipinski definition) is 2. The Bertz CT molecular complexity index is 285. The van der Waals surface area contributed by atoms with Gasteiger partial charge in [0, 0.05) is 11.6 Å². The third-order valence-corrected chi connectivity index (χ3v) is 5.34. The van der Waals surface area contributed by atoms with Crippen LogP contribution in [0.3, 0.4) is 0 Å². The van der Waals surface area contributed by atoms with Gasteiger partial charge >= 0.3 is 0 Å². The summed E-state index contributed by atoms with van der Waals surface area (Å²) in [5, 5.41) is 13.2. The minimum absolute atomic E-state index is 0.0463. The average Bonchev–Trinajstić information content (AvgIpc) is 3.29. The van der Waals surface area contributed by atoms with E-state index in [0.717, 1.165) is 12.3 Å². The van der Waals surface area contributed by atoms with Crippen molar-refractivity contribution in [1.82, 2.24) is 10.2 Å². The van der Waals surface area contributed by atoms with Crippen LogP contribution in [0.1, 0.15) is 71.6 Å². The monoisotopic (exact) mass is 296 g/mol. The van der Waals surface area contributed by atoms with Gasteiger partial charge in [0.2, 0.25) is 0 Å². The van der Waals surface area contributed by atoms with Gasteiger partial charge in [-0.15, -0.1) is 0 Å². The molecule has 2 N–H and O–H groups in total. The molecule has 1 heterocycles. The van der Waals surface area contributed by atoms with E-state index in [0.29, 0.717) is 6.04 Å². The van der Waals surface area contributed by atoms with Crippen molar-refractivity contribution in [2.75, 3.05) is 26.2 Å². The lowest BCUT2D eigenvalue weighted by Crippen LogP contribution is -2.47. The van der Waals surface area contributed by atoms with Crippen molar-refractivity contribution in [1.29, 1.82) is 0 Å². The SMILES string of the molecule is CCCC1CCN(CCCCC(C)(CO)NC2CC2)CC1. The molecule has 1 aliphatic carbocycles. The van der Waals surface area contributed by atoms with E-state index in [4.69, 9.17) is 0 Å². The number of hydrogen-bond acceptors (Lipinski definition) is 3. The van der Waals surface area contributed by atoms with Gasteiger partial charge in [0.1, 0.15) is 0 Å². The van der Waals surface area contributed by atoms with Gasteiger partial charge in [-0.25, -0.2) is 0 Å². The number of aliphatic hydroxyl groups excluding tert-OH is 1. The van der Waals surface area contributed by atoms with Gasteiger partial charge in [0.15, 0.2) is 0 Å². The summed E-state index contributed by atoms with van der Waals surface area (Å²) >= 11 is 0. The highest BCUT2D eigenvalue weighted by molar-refractivity contribution is 4.92. The molecular weight excluding hydrogens is 260 g/mol. The van der Waals surface area contributed by atoms with Crippen molar-refractivity contribution in [2.24, 2.45) is 5.92 Å². The van der Waals surface area contributed by atoms with Crippen molar-refractivity contribution in [3.63, 3.8) is 0 Å². The first-order valence-electron chi connectivity index (χ1n) is 9.26. The smallest absolute Gasteiger partial charge is 0.0610 e. The minimum Gasteiger partial charge on any atom is -0.394 e. The van der Waals surface area contributed by atoms with E-state index in [1.54, 1.807) is 0 Å². The molecule has 3 nitrogen and oxygen atoms in total. The molecule has 0 spiro atoms. The fourth-order valence-corrected chi connectivity index (χ4v) is 3.67. The highest BCUT2D eigenvalue weighted by Gasteiger charge is 2.31. The molecule has 2 aliphatic rings. The van der Waals surface area contributed by atoms with E-state index in [1.807, 2.05) is 0 Å². The third kappa shape index (κ3) is 6.25. The van der Waals surface area contributed by atoms with Gasteiger partial charge in [-0.05, 0) is 71.0 Å². The Kier molecular flexibility index (Phi) is 6.97. The van der Waals surface area contributed by atoms with Crippen LogP contribution in [0.4, 0.5) is 0 Å². The van der Waals surface area contributed by atoms with E-state index in [2.05, 4.69) is 24.1 Å². The highest BCUT2D eigenvalue weighted by atomic mass is 16.3. The van der Waals surface area contributed by atoms with E-state index >= 15 is 0 Å². The summed E-state index contributed by atoms with van der Waals surface area (Å²) in [6, 6.07) is 0.680. The predicted octanol–water partition coefficient (Wildman–Crippen LogP) is 3.17. The predicted molar refractivity (Wildman–Crippen MR) is 89.6 cm³/mol. The van der Waals surface area contributed by atoms with Gasteiger partial charge in [0.05, 0.1) is 6.61 Å². The zero-order chi connectivity index (χ0) is 15.1. The number of nitrogens with one attached hydrogen (secondary N) is 1. The zero-order valence-corrected chi connectivity index (χ0v) is 14.2. The molecule has 1 atom stereocenters. The van der Waals surface area contributed by atoms with E-state index in [-0.39, 0.29) is 12.1 Å². The average molecular weight is 296 g/mol. The Hall–Kier alpha value is -0.120. The molecule has 0 aromatic carbocycles. The zero-order valence-electron chi connectivity index (χ0n) is 14.2. The lowest BCUT2D eigenvalue weighted by Gasteiger charge is -2.32. The van der Waals surface area contributed by atoms with Crippen molar-refractivity contribution in [3.8, 4) is 0 Å². The van der Waals surface area contributed by atoms with Gasteiger partial charge in [-0.3, -0.25) is 0 Å². The Balaban J connectivity index is 1.55. The van der Waals surface area contributed by atoms with Crippen LogP contribution in [-0.2, 0) is 0 Å². The van der Waals surface area contributed by atoms with Crippen LogP contribution >= 0.6 is 0 Å². The molecule has 1 saturated carbocycles. The number of aliphatic hydroxyl groups is 1. The van der Waals surface area contributed by atoms with E-state index in [1.165, 1.54) is 71.0 Å². The van der Waals surface area contributed by atoms with Crippen LogP contribution in [-0.4, -0.2) is 47.8 Å². The lowest BCUT2D eigenvalue weighted by molar-refractivity contribution is 0.152. The second kappa shape index (κ2) is 8.50. The second-order valence-electron chi connectivity index (χ2n) is 7.67. The molecule has 1 unspecified atom stereocenters. The normalized spacial score (nSPS) is 24.1. The topological polar surface area (TPSA) is 35.5 Å². The molecule has 21 heavy (non-hydrogen) atoms. The second-order valence-corrected chi connectivity index (χ2v) is 7.67. The molecule has 124 valence electrons. The number of rotatable bonds is 10. The first-order chi connectivity index (χ1) is 10.1. The Morgan fingerprint density at radius 3 is 2.43 bits per heavy atom. The summed E-state index contributed by atoms with van der Waals surface area (Å²) in [5.41, 5.74) is -0.0463. The summed E-state index contributed by atoms with van der Waals surface area (Å²) in [6.07, 6.45) is 11.8. The van der Waals surface area contributed by atoms with E-state index in [9.17, 15) is 5.11 Å². The van der Waals surface area contributed by atoms with Gasteiger partial charge in [-0.2, -0.15) is 0 Å². The molecule has 1 saturated heterocycles. The van der Waals surface area contributed by atoms with Crippen LogP contribution in [0.5, 0.6) is 0 Å². The van der Waals surface area contributed by atoms with Crippen molar-refractivity contribution in [3.05, 3.63) is 0 Å². The summed E-state index contributed by atoms with van der Waals surface area (Å²) in [5.74, 6) is 0.992. The van der Waals surface area contributed by atoms with Crippen LogP contribution in [0.15, 0.2) is 0 Å². The van der Waals surface area contributed by atoms with Gasteiger partial charge in [-0.1, -0.05) is 26.2 Å². The quantitative estimate of drug-likeness (QED) is 0.608. The van der Waals surface area contributed by atoms with Crippen LogP contribution in [0.25, 0.3) is 0 Å². The Morgan fingerprint density at radius 1 is 1.14 bits per heavy atom. The maximum absolute atomic E-state index is 9.62. The van der Waals surface area contributed by atoms with Gasteiger partial charge < -0.3 is 15.3 Å². The first-order valence-corrected chi connectivity index (χ1v) is 9.26. The van der Waals surface area contributed by atoms with Crippen molar-refractivity contribution in [2.45, 2.75) is 83.2 Å². The van der Waals surface area contributed by atoms with Crippen molar-refractivity contribution < 1.29 is 5.11 Å². The maximum atomic E-state index is 9.62. The van der Waals surface area contributed by atoms with Crippen LogP contribution < -0.4 is 5.32 Å². The molecule has 3 heteroatoms.